The van der Waals surface area contributed by atoms with Crippen LogP contribution in [0.3, 0.4) is 0 Å². The van der Waals surface area contributed by atoms with Crippen LogP contribution in [0.15, 0.2) is 42.9 Å². The number of aromatic nitrogens is 3. The molecule has 0 fully saturated rings. The van der Waals surface area contributed by atoms with E-state index in [4.69, 9.17) is 10.5 Å². The summed E-state index contributed by atoms with van der Waals surface area (Å²) in [5.74, 6) is 1.70. The first-order valence-electron chi connectivity index (χ1n) is 6.71. The molecule has 0 saturated heterocycles. The Hall–Kier alpha value is -2.76. The van der Waals surface area contributed by atoms with E-state index in [2.05, 4.69) is 15.4 Å². The molecule has 0 radical (unpaired) electrons. The third kappa shape index (κ3) is 2.89. The molecule has 0 bridgehead atoms. The van der Waals surface area contributed by atoms with Gasteiger partial charge in [0.2, 0.25) is 0 Å². The van der Waals surface area contributed by atoms with E-state index in [0.29, 0.717) is 5.69 Å². The molecule has 0 amide bonds. The number of nitrogens with one attached hydrogen (secondary N) is 1. The van der Waals surface area contributed by atoms with Crippen LogP contribution >= 0.6 is 0 Å². The second-order valence-electron chi connectivity index (χ2n) is 4.71. The van der Waals surface area contributed by atoms with Crippen LogP contribution in [0.25, 0.3) is 10.8 Å². The van der Waals surface area contributed by atoms with Gasteiger partial charge in [-0.2, -0.15) is 5.10 Å². The second kappa shape index (κ2) is 5.70. The minimum Gasteiger partial charge on any atom is -0.497 e. The van der Waals surface area contributed by atoms with Gasteiger partial charge in [0.25, 0.3) is 0 Å². The number of ether oxygens (including phenoxy) is 1. The van der Waals surface area contributed by atoms with Gasteiger partial charge in [0, 0.05) is 24.3 Å². The highest BCUT2D eigenvalue weighted by Crippen LogP contribution is 2.25. The van der Waals surface area contributed by atoms with E-state index in [1.807, 2.05) is 30.5 Å². The summed E-state index contributed by atoms with van der Waals surface area (Å²) in [6.45, 7) is 1.45. The Bertz CT molecular complexity index is 753. The van der Waals surface area contributed by atoms with Crippen LogP contribution in [0.2, 0.25) is 0 Å². The van der Waals surface area contributed by atoms with Crippen LogP contribution in [0, 0.1) is 0 Å². The highest BCUT2D eigenvalue weighted by Gasteiger charge is 2.03. The van der Waals surface area contributed by atoms with Crippen LogP contribution in [-0.2, 0) is 6.54 Å². The lowest BCUT2D eigenvalue weighted by atomic mass is 10.1. The van der Waals surface area contributed by atoms with E-state index in [9.17, 15) is 0 Å². The van der Waals surface area contributed by atoms with Gasteiger partial charge < -0.3 is 15.8 Å². The topological polar surface area (TPSA) is 78.0 Å². The van der Waals surface area contributed by atoms with Crippen molar-refractivity contribution in [3.63, 3.8) is 0 Å². The molecule has 108 valence electrons. The van der Waals surface area contributed by atoms with Crippen molar-refractivity contribution in [2.24, 2.45) is 0 Å². The molecular weight excluding hydrogens is 266 g/mol. The summed E-state index contributed by atoms with van der Waals surface area (Å²) in [6.07, 6.45) is 5.24. The lowest BCUT2D eigenvalue weighted by Gasteiger charge is -2.09. The smallest absolute Gasteiger partial charge is 0.133 e. The third-order valence-electron chi connectivity index (χ3n) is 3.26. The summed E-state index contributed by atoms with van der Waals surface area (Å²) in [5.41, 5.74) is 6.31. The highest BCUT2D eigenvalue weighted by molar-refractivity contribution is 5.92. The molecule has 0 unspecified atom stereocenters. The summed E-state index contributed by atoms with van der Waals surface area (Å²) in [7, 11) is 1.66. The van der Waals surface area contributed by atoms with Gasteiger partial charge in [0.15, 0.2) is 0 Å². The molecular formula is C15H17N5O. The number of fused-ring (bicyclic) bond motifs is 1. The fourth-order valence-electron chi connectivity index (χ4n) is 2.21. The first-order valence-corrected chi connectivity index (χ1v) is 6.71. The van der Waals surface area contributed by atoms with Crippen molar-refractivity contribution in [1.29, 1.82) is 0 Å². The lowest BCUT2D eigenvalue weighted by Crippen LogP contribution is -2.11. The maximum Gasteiger partial charge on any atom is 0.133 e. The average Bonchev–Trinajstić information content (AvgIpc) is 2.92. The molecule has 3 N–H and O–H groups in total. The van der Waals surface area contributed by atoms with Crippen molar-refractivity contribution in [2.75, 3.05) is 24.7 Å². The Balaban J connectivity index is 1.74. The number of benzene rings is 1. The van der Waals surface area contributed by atoms with E-state index < -0.39 is 0 Å². The molecule has 6 heteroatoms. The van der Waals surface area contributed by atoms with Crippen LogP contribution in [0.1, 0.15) is 0 Å². The molecule has 2 aromatic heterocycles. The summed E-state index contributed by atoms with van der Waals surface area (Å²) in [6, 6.07) is 7.91. The zero-order chi connectivity index (χ0) is 14.7. The van der Waals surface area contributed by atoms with E-state index in [1.54, 1.807) is 24.2 Å². The van der Waals surface area contributed by atoms with Crippen LogP contribution in [0.4, 0.5) is 11.5 Å². The molecule has 1 aromatic carbocycles. The Labute approximate surface area is 122 Å². The molecule has 0 saturated carbocycles. The fourth-order valence-corrected chi connectivity index (χ4v) is 2.21. The van der Waals surface area contributed by atoms with Gasteiger partial charge in [0.1, 0.15) is 11.6 Å². The van der Waals surface area contributed by atoms with Gasteiger partial charge in [-0.3, -0.25) is 4.68 Å². The summed E-state index contributed by atoms with van der Waals surface area (Å²) >= 11 is 0. The number of hydrogen-bond donors (Lipinski definition) is 2. The zero-order valence-electron chi connectivity index (χ0n) is 11.8. The van der Waals surface area contributed by atoms with Crippen molar-refractivity contribution >= 4 is 22.3 Å². The largest absolute Gasteiger partial charge is 0.497 e. The molecule has 0 aliphatic heterocycles. The number of nitrogen functional groups attached to an aromatic ring is 1. The van der Waals surface area contributed by atoms with Gasteiger partial charge in [-0.1, -0.05) is 0 Å². The second-order valence-corrected chi connectivity index (χ2v) is 4.71. The molecule has 2 heterocycles. The molecule has 0 spiro atoms. The predicted molar refractivity (Wildman–Crippen MR) is 83.4 cm³/mol. The number of rotatable bonds is 5. The summed E-state index contributed by atoms with van der Waals surface area (Å²) in [5, 5.41) is 9.64. The number of anilines is 2. The van der Waals surface area contributed by atoms with E-state index in [-0.39, 0.29) is 0 Å². The first kappa shape index (κ1) is 13.2. The van der Waals surface area contributed by atoms with Gasteiger partial charge >= 0.3 is 0 Å². The standard InChI is InChI=1S/C15H17N5O/c1-21-13-2-3-14-11(8-13)4-5-17-15(14)18-6-7-20-10-12(16)9-19-20/h2-5,8-10H,6-7,16H2,1H3,(H,17,18). The van der Waals surface area contributed by atoms with E-state index in [1.165, 1.54) is 0 Å². The highest BCUT2D eigenvalue weighted by atomic mass is 16.5. The van der Waals surface area contributed by atoms with Crippen molar-refractivity contribution in [3.8, 4) is 5.75 Å². The first-order chi connectivity index (χ1) is 10.3. The number of nitrogens with two attached hydrogens (primary N) is 1. The molecule has 21 heavy (non-hydrogen) atoms. The normalized spacial score (nSPS) is 10.7. The maximum absolute atomic E-state index is 5.64. The van der Waals surface area contributed by atoms with Gasteiger partial charge in [-0.15, -0.1) is 0 Å². The van der Waals surface area contributed by atoms with Crippen molar-refractivity contribution < 1.29 is 4.74 Å². The minimum absolute atomic E-state index is 0.672. The molecule has 3 rings (SSSR count). The lowest BCUT2D eigenvalue weighted by molar-refractivity contribution is 0.415. The monoisotopic (exact) mass is 283 g/mol. The van der Waals surface area contributed by atoms with Gasteiger partial charge in [0.05, 0.1) is 25.5 Å². The molecule has 0 atom stereocenters. The zero-order valence-corrected chi connectivity index (χ0v) is 11.8. The number of pyridine rings is 1. The number of methoxy groups -OCH3 is 1. The Morgan fingerprint density at radius 1 is 1.33 bits per heavy atom. The van der Waals surface area contributed by atoms with Gasteiger partial charge in [-0.25, -0.2) is 4.98 Å². The van der Waals surface area contributed by atoms with E-state index in [0.717, 1.165) is 35.4 Å². The van der Waals surface area contributed by atoms with Crippen LogP contribution < -0.4 is 15.8 Å². The van der Waals surface area contributed by atoms with Crippen molar-refractivity contribution in [1.82, 2.24) is 14.8 Å². The Morgan fingerprint density at radius 2 is 2.24 bits per heavy atom. The SMILES string of the molecule is COc1ccc2c(NCCn3cc(N)cn3)nccc2c1. The van der Waals surface area contributed by atoms with Crippen molar-refractivity contribution in [3.05, 3.63) is 42.9 Å². The van der Waals surface area contributed by atoms with E-state index >= 15 is 0 Å². The molecule has 3 aromatic rings. The number of hydrogen-bond acceptors (Lipinski definition) is 5. The van der Waals surface area contributed by atoms with Crippen molar-refractivity contribution in [2.45, 2.75) is 6.54 Å². The van der Waals surface area contributed by atoms with Crippen LogP contribution in [-0.4, -0.2) is 28.4 Å². The molecule has 6 nitrogen and oxygen atoms in total. The molecule has 0 aliphatic carbocycles. The average molecular weight is 283 g/mol. The quantitative estimate of drug-likeness (QED) is 0.750. The maximum atomic E-state index is 5.64. The van der Waals surface area contributed by atoms with Gasteiger partial charge in [-0.05, 0) is 29.7 Å². The third-order valence-corrected chi connectivity index (χ3v) is 3.26. The summed E-state index contributed by atoms with van der Waals surface area (Å²) in [4.78, 5) is 4.39. The predicted octanol–water partition coefficient (Wildman–Crippen LogP) is 2.13. The Kier molecular flexibility index (Phi) is 3.59. The molecule has 0 aliphatic rings. The minimum atomic E-state index is 0.672. The fraction of sp³-hybridized carbons (Fsp3) is 0.200. The number of nitrogens with zero attached hydrogens (tertiary/aromatic N) is 3. The summed E-state index contributed by atoms with van der Waals surface area (Å²) < 4.78 is 7.04. The Morgan fingerprint density at radius 3 is 3.00 bits per heavy atom. The van der Waals surface area contributed by atoms with Crippen LogP contribution in [0.5, 0.6) is 5.75 Å².